The van der Waals surface area contributed by atoms with Crippen LogP contribution < -0.4 is 5.06 Å². The molecule has 172 valence electrons. The number of hydrogen-bond donors (Lipinski definition) is 1. The van der Waals surface area contributed by atoms with Gasteiger partial charge < -0.3 is 15.0 Å². The van der Waals surface area contributed by atoms with Crippen molar-refractivity contribution in [2.75, 3.05) is 0 Å². The van der Waals surface area contributed by atoms with Crippen LogP contribution in [-0.2, 0) is 9.53 Å². The van der Waals surface area contributed by atoms with Crippen LogP contribution in [-0.4, -0.2) is 23.2 Å². The van der Waals surface area contributed by atoms with Crippen molar-refractivity contribution in [2.24, 2.45) is 0 Å². The smallest absolute Gasteiger partial charge is 0.306 e. The minimum absolute atomic E-state index is 0.0842. The van der Waals surface area contributed by atoms with Crippen LogP contribution in [0.15, 0.2) is 0 Å². The SMILES string of the molecule is CCCCCCCCCCCCCCCC(=O)OC1CC(C)(C)[NH+]([O-])C(C)(C)C1. The van der Waals surface area contributed by atoms with Gasteiger partial charge in [0.25, 0.3) is 0 Å². The number of nitrogens with one attached hydrogen (secondary N) is 1. The third-order valence-electron chi connectivity index (χ3n) is 6.49. The van der Waals surface area contributed by atoms with Crippen molar-refractivity contribution in [3.05, 3.63) is 5.21 Å². The van der Waals surface area contributed by atoms with E-state index in [1.807, 2.05) is 27.7 Å². The molecule has 1 rings (SSSR count). The van der Waals surface area contributed by atoms with E-state index in [1.54, 1.807) is 0 Å². The molecule has 0 aromatic carbocycles. The van der Waals surface area contributed by atoms with Crippen molar-refractivity contribution in [3.8, 4) is 0 Å². The highest BCUT2D eigenvalue weighted by Crippen LogP contribution is 2.26. The first-order valence-electron chi connectivity index (χ1n) is 12.4. The van der Waals surface area contributed by atoms with E-state index in [0.717, 1.165) is 12.8 Å². The standard InChI is InChI=1S/C25H49NO3/c1-6-7-8-9-10-11-12-13-14-15-16-17-18-19-23(27)29-22-20-24(2,3)26(28)25(4,5)21-22/h22,26H,6-21H2,1-5H3. The fourth-order valence-electron chi connectivity index (χ4n) is 4.93. The van der Waals surface area contributed by atoms with Gasteiger partial charge in [-0.2, -0.15) is 0 Å². The topological polar surface area (TPSA) is 53.8 Å². The molecule has 1 aliphatic heterocycles. The Labute approximate surface area is 180 Å². The van der Waals surface area contributed by atoms with E-state index in [0.29, 0.717) is 19.3 Å². The molecule has 0 amide bonds. The molecule has 1 fully saturated rings. The van der Waals surface area contributed by atoms with Gasteiger partial charge >= 0.3 is 5.97 Å². The maximum absolute atomic E-state index is 12.5. The van der Waals surface area contributed by atoms with Gasteiger partial charge in [-0.25, -0.2) is 0 Å². The highest BCUT2D eigenvalue weighted by Gasteiger charge is 2.46. The molecule has 0 aromatic rings. The van der Waals surface area contributed by atoms with Gasteiger partial charge in [0.2, 0.25) is 0 Å². The second-order valence-corrected chi connectivity index (χ2v) is 10.6. The Hall–Kier alpha value is -0.610. The van der Waals surface area contributed by atoms with Crippen molar-refractivity contribution < 1.29 is 14.6 Å². The molecule has 1 saturated heterocycles. The lowest BCUT2D eigenvalue weighted by molar-refractivity contribution is -0.956. The van der Waals surface area contributed by atoms with Crippen LogP contribution in [0.1, 0.15) is 137 Å². The molecule has 1 N–H and O–H groups in total. The first-order valence-corrected chi connectivity index (χ1v) is 12.4. The molecular formula is C25H49NO3. The van der Waals surface area contributed by atoms with Gasteiger partial charge in [0.15, 0.2) is 0 Å². The fourth-order valence-corrected chi connectivity index (χ4v) is 4.93. The van der Waals surface area contributed by atoms with Gasteiger partial charge in [0.1, 0.15) is 6.10 Å². The van der Waals surface area contributed by atoms with Gasteiger partial charge in [-0.05, 0) is 34.1 Å². The van der Waals surface area contributed by atoms with Gasteiger partial charge in [0.05, 0.1) is 11.1 Å². The Balaban J connectivity index is 2.01. The Morgan fingerprint density at radius 1 is 0.793 bits per heavy atom. The van der Waals surface area contributed by atoms with E-state index >= 15 is 0 Å². The number of hydroxylamine groups is 2. The lowest BCUT2D eigenvalue weighted by atomic mass is 9.80. The molecule has 0 atom stereocenters. The monoisotopic (exact) mass is 411 g/mol. The molecule has 0 aliphatic carbocycles. The number of ether oxygens (including phenoxy) is 1. The summed E-state index contributed by atoms with van der Waals surface area (Å²) in [5.41, 5.74) is -0.801. The van der Waals surface area contributed by atoms with Crippen LogP contribution >= 0.6 is 0 Å². The third kappa shape index (κ3) is 10.8. The molecule has 0 unspecified atom stereocenters. The Morgan fingerprint density at radius 2 is 1.17 bits per heavy atom. The zero-order chi connectivity index (χ0) is 21.8. The Morgan fingerprint density at radius 3 is 1.59 bits per heavy atom. The van der Waals surface area contributed by atoms with Crippen LogP contribution in [0.2, 0.25) is 0 Å². The van der Waals surface area contributed by atoms with Gasteiger partial charge in [-0.1, -0.05) is 84.0 Å². The lowest BCUT2D eigenvalue weighted by Gasteiger charge is -2.54. The molecule has 4 heteroatoms. The molecule has 0 saturated carbocycles. The summed E-state index contributed by atoms with van der Waals surface area (Å²) in [4.78, 5) is 12.2. The molecule has 1 heterocycles. The summed E-state index contributed by atoms with van der Waals surface area (Å²) >= 11 is 0. The number of rotatable bonds is 15. The predicted molar refractivity (Wildman–Crippen MR) is 122 cm³/mol. The van der Waals surface area contributed by atoms with Gasteiger partial charge in [-0.15, -0.1) is 0 Å². The lowest BCUT2D eigenvalue weighted by Crippen LogP contribution is -3.23. The van der Waals surface area contributed by atoms with Gasteiger partial charge in [-0.3, -0.25) is 4.79 Å². The first-order chi connectivity index (χ1) is 13.7. The minimum Gasteiger partial charge on any atom is -0.634 e. The van der Waals surface area contributed by atoms with E-state index in [9.17, 15) is 10.0 Å². The van der Waals surface area contributed by atoms with Crippen molar-refractivity contribution >= 4 is 5.97 Å². The second-order valence-electron chi connectivity index (χ2n) is 10.6. The highest BCUT2D eigenvalue weighted by molar-refractivity contribution is 5.69. The molecule has 0 bridgehead atoms. The van der Waals surface area contributed by atoms with Crippen molar-refractivity contribution in [3.63, 3.8) is 0 Å². The Bertz CT molecular complexity index is 429. The maximum atomic E-state index is 12.5. The maximum Gasteiger partial charge on any atom is 0.306 e. The van der Waals surface area contributed by atoms with Crippen LogP contribution in [0.5, 0.6) is 0 Å². The molecule has 29 heavy (non-hydrogen) atoms. The van der Waals surface area contributed by atoms with Crippen molar-refractivity contribution in [1.29, 1.82) is 0 Å². The van der Waals surface area contributed by atoms with Crippen LogP contribution in [0.3, 0.4) is 0 Å². The van der Waals surface area contributed by atoms with Crippen LogP contribution in [0, 0.1) is 5.21 Å². The fraction of sp³-hybridized carbons (Fsp3) is 0.960. The largest absolute Gasteiger partial charge is 0.634 e. The number of quaternary nitrogens is 1. The van der Waals surface area contributed by atoms with E-state index in [2.05, 4.69) is 6.92 Å². The quantitative estimate of drug-likeness (QED) is 0.201. The van der Waals surface area contributed by atoms with Crippen molar-refractivity contribution in [2.45, 2.75) is 155 Å². The summed E-state index contributed by atoms with van der Waals surface area (Å²) in [6, 6.07) is 0. The molecule has 0 spiro atoms. The summed E-state index contributed by atoms with van der Waals surface area (Å²) in [5, 5.41) is 12.8. The first kappa shape index (κ1) is 26.4. The number of unbranched alkanes of at least 4 members (excludes halogenated alkanes) is 12. The highest BCUT2D eigenvalue weighted by atomic mass is 16.5. The molecule has 4 nitrogen and oxygen atoms in total. The molecule has 0 radical (unpaired) electrons. The normalized spacial score (nSPS) is 23.1. The number of hydrogen-bond acceptors (Lipinski definition) is 3. The second kappa shape index (κ2) is 13.6. The summed E-state index contributed by atoms with van der Waals surface area (Å²) in [7, 11) is 0. The number of carbonyl (C=O) groups is 1. The van der Waals surface area contributed by atoms with Gasteiger partial charge in [0, 0.05) is 19.3 Å². The van der Waals surface area contributed by atoms with Crippen molar-refractivity contribution in [1.82, 2.24) is 0 Å². The predicted octanol–water partition coefficient (Wildman–Crippen LogP) is 6.11. The Kier molecular flexibility index (Phi) is 12.4. The van der Waals surface area contributed by atoms with E-state index in [-0.39, 0.29) is 17.1 Å². The van der Waals surface area contributed by atoms with Crippen LogP contribution in [0.4, 0.5) is 0 Å². The zero-order valence-electron chi connectivity index (χ0n) is 20.1. The minimum atomic E-state index is -0.401. The van der Waals surface area contributed by atoms with E-state index < -0.39 is 11.1 Å². The summed E-state index contributed by atoms with van der Waals surface area (Å²) in [6.07, 6.45) is 18.7. The van der Waals surface area contributed by atoms with E-state index in [1.165, 1.54) is 70.6 Å². The molecule has 1 aliphatic rings. The average molecular weight is 412 g/mol. The summed E-state index contributed by atoms with van der Waals surface area (Å²) in [5.74, 6) is -0.0842. The number of carbonyl (C=O) groups excluding carboxylic acids is 1. The van der Waals surface area contributed by atoms with Crippen LogP contribution in [0.25, 0.3) is 0 Å². The number of esters is 1. The zero-order valence-corrected chi connectivity index (χ0v) is 20.1. The summed E-state index contributed by atoms with van der Waals surface area (Å²) < 4.78 is 5.73. The average Bonchev–Trinajstić information content (AvgIpc) is 2.63. The third-order valence-corrected chi connectivity index (χ3v) is 6.49. The molecular weight excluding hydrogens is 362 g/mol. The van der Waals surface area contributed by atoms with E-state index in [4.69, 9.17) is 4.74 Å². The molecule has 0 aromatic heterocycles. The summed E-state index contributed by atoms with van der Waals surface area (Å²) in [6.45, 7) is 10.2. The number of piperidine rings is 1.